The van der Waals surface area contributed by atoms with Gasteiger partial charge in [-0.2, -0.15) is 0 Å². The predicted octanol–water partition coefficient (Wildman–Crippen LogP) is 3.42. The second-order valence-electron chi connectivity index (χ2n) is 7.19. The normalized spacial score (nSPS) is 19.6. The highest BCUT2D eigenvalue weighted by molar-refractivity contribution is 7.18. The van der Waals surface area contributed by atoms with Gasteiger partial charge in [0, 0.05) is 0 Å². The molecule has 0 saturated carbocycles. The fourth-order valence-electron chi connectivity index (χ4n) is 4.04. The lowest BCUT2D eigenvalue weighted by molar-refractivity contribution is -0.122. The largest absolute Gasteiger partial charge is 0.323 e. The molecule has 2 amide bonds. The summed E-state index contributed by atoms with van der Waals surface area (Å²) < 4.78 is 1.18. The number of likely N-dealkylation sites (tertiary alicyclic amines) is 1. The van der Waals surface area contributed by atoms with E-state index in [9.17, 15) is 9.59 Å². The van der Waals surface area contributed by atoms with Crippen LogP contribution in [0.1, 0.15) is 23.9 Å². The second kappa shape index (κ2) is 7.00. The van der Waals surface area contributed by atoms with E-state index in [1.54, 1.807) is 16.2 Å². The maximum atomic E-state index is 13.1. The van der Waals surface area contributed by atoms with E-state index in [4.69, 9.17) is 4.98 Å². The molecule has 0 bridgehead atoms. The summed E-state index contributed by atoms with van der Waals surface area (Å²) in [6.07, 6.45) is 2.05. The van der Waals surface area contributed by atoms with Gasteiger partial charge in [0.2, 0.25) is 11.8 Å². The van der Waals surface area contributed by atoms with Gasteiger partial charge in [-0.1, -0.05) is 24.3 Å². The third-order valence-corrected chi connectivity index (χ3v) is 6.51. The molecule has 2 aliphatic rings. The van der Waals surface area contributed by atoms with Gasteiger partial charge >= 0.3 is 0 Å². The molecule has 1 atom stereocenters. The number of benzene rings is 2. The zero-order valence-corrected chi connectivity index (χ0v) is 16.1. The monoisotopic (exact) mass is 392 g/mol. The SMILES string of the molecule is O=C1CN(C(=O)CN2CCC[C@H]2c2nc3ccccc3s2)c2ccccc2N1. The first-order valence-electron chi connectivity index (χ1n) is 9.48. The maximum absolute atomic E-state index is 13.1. The lowest BCUT2D eigenvalue weighted by Crippen LogP contribution is -2.46. The topological polar surface area (TPSA) is 65.5 Å². The molecule has 1 N–H and O–H groups in total. The number of hydrogen-bond donors (Lipinski definition) is 1. The van der Waals surface area contributed by atoms with E-state index in [1.165, 1.54) is 4.70 Å². The van der Waals surface area contributed by atoms with Crippen LogP contribution in [0.4, 0.5) is 11.4 Å². The number of nitrogens with zero attached hydrogens (tertiary/aromatic N) is 3. The molecule has 1 fully saturated rings. The number of hydrogen-bond acceptors (Lipinski definition) is 5. The molecule has 2 aliphatic heterocycles. The average Bonchev–Trinajstić information content (AvgIpc) is 3.33. The van der Waals surface area contributed by atoms with Crippen LogP contribution < -0.4 is 10.2 Å². The smallest absolute Gasteiger partial charge is 0.244 e. The molecule has 1 saturated heterocycles. The van der Waals surface area contributed by atoms with Crippen molar-refractivity contribution in [2.75, 3.05) is 29.9 Å². The molecule has 6 nitrogen and oxygen atoms in total. The molecular formula is C21H20N4O2S. The average molecular weight is 392 g/mol. The Morgan fingerprint density at radius 3 is 2.89 bits per heavy atom. The third kappa shape index (κ3) is 3.06. The number of thiazole rings is 1. The molecule has 5 rings (SSSR count). The van der Waals surface area contributed by atoms with Gasteiger partial charge in [0.25, 0.3) is 0 Å². The van der Waals surface area contributed by atoms with Gasteiger partial charge in [-0.3, -0.25) is 19.4 Å². The van der Waals surface area contributed by atoms with Crippen LogP contribution in [0.2, 0.25) is 0 Å². The molecule has 1 aromatic heterocycles. The Kier molecular flexibility index (Phi) is 4.33. The predicted molar refractivity (Wildman–Crippen MR) is 111 cm³/mol. The minimum absolute atomic E-state index is 0.0460. The maximum Gasteiger partial charge on any atom is 0.244 e. The number of amides is 2. The van der Waals surface area contributed by atoms with Crippen molar-refractivity contribution in [2.24, 2.45) is 0 Å². The van der Waals surface area contributed by atoms with E-state index in [0.29, 0.717) is 12.2 Å². The van der Waals surface area contributed by atoms with Crippen LogP contribution in [0, 0.1) is 0 Å². The minimum atomic E-state index is -0.156. The quantitative estimate of drug-likeness (QED) is 0.742. The van der Waals surface area contributed by atoms with Crippen molar-refractivity contribution in [3.63, 3.8) is 0 Å². The van der Waals surface area contributed by atoms with Gasteiger partial charge in [0.15, 0.2) is 0 Å². The van der Waals surface area contributed by atoms with E-state index >= 15 is 0 Å². The highest BCUT2D eigenvalue weighted by atomic mass is 32.1. The van der Waals surface area contributed by atoms with Crippen molar-refractivity contribution in [1.82, 2.24) is 9.88 Å². The van der Waals surface area contributed by atoms with Crippen LogP contribution in [-0.2, 0) is 9.59 Å². The van der Waals surface area contributed by atoms with E-state index < -0.39 is 0 Å². The van der Waals surface area contributed by atoms with Gasteiger partial charge in [0.05, 0.1) is 34.2 Å². The first-order chi connectivity index (χ1) is 13.7. The molecule has 0 unspecified atom stereocenters. The molecule has 7 heteroatoms. The van der Waals surface area contributed by atoms with Crippen LogP contribution in [0.25, 0.3) is 10.2 Å². The molecule has 3 heterocycles. The van der Waals surface area contributed by atoms with E-state index in [1.807, 2.05) is 42.5 Å². The molecule has 0 radical (unpaired) electrons. The summed E-state index contributed by atoms with van der Waals surface area (Å²) in [4.78, 5) is 33.7. The number of anilines is 2. The molecule has 2 aromatic carbocycles. The zero-order chi connectivity index (χ0) is 19.1. The van der Waals surface area contributed by atoms with Crippen LogP contribution in [0.5, 0.6) is 0 Å². The van der Waals surface area contributed by atoms with Crippen LogP contribution in [0.3, 0.4) is 0 Å². The summed E-state index contributed by atoms with van der Waals surface area (Å²) in [5.41, 5.74) is 2.47. The molecule has 142 valence electrons. The van der Waals surface area contributed by atoms with Crippen molar-refractivity contribution in [1.29, 1.82) is 0 Å². The minimum Gasteiger partial charge on any atom is -0.323 e. The number of rotatable bonds is 3. The number of nitrogens with one attached hydrogen (secondary N) is 1. The zero-order valence-electron chi connectivity index (χ0n) is 15.3. The molecule has 28 heavy (non-hydrogen) atoms. The lowest BCUT2D eigenvalue weighted by atomic mass is 10.2. The summed E-state index contributed by atoms with van der Waals surface area (Å²) in [6, 6.07) is 15.8. The molecule has 0 spiro atoms. The number of carbonyl (C=O) groups excluding carboxylic acids is 2. The van der Waals surface area contributed by atoms with Crippen molar-refractivity contribution in [3.8, 4) is 0 Å². The number of carbonyl (C=O) groups is 2. The van der Waals surface area contributed by atoms with Gasteiger partial charge in [-0.05, 0) is 43.7 Å². The summed E-state index contributed by atoms with van der Waals surface area (Å²) in [5, 5.41) is 3.91. The second-order valence-corrected chi connectivity index (χ2v) is 8.26. The first-order valence-corrected chi connectivity index (χ1v) is 10.3. The van der Waals surface area contributed by atoms with Crippen LogP contribution in [-0.4, -0.2) is 41.3 Å². The van der Waals surface area contributed by atoms with Crippen molar-refractivity contribution in [2.45, 2.75) is 18.9 Å². The Morgan fingerprint density at radius 1 is 1.18 bits per heavy atom. The van der Waals surface area contributed by atoms with Gasteiger partial charge in [-0.25, -0.2) is 4.98 Å². The standard InChI is InChI=1S/C21H20N4O2S/c26-19-12-25(16-8-3-1-6-14(16)22-19)20(27)13-24-11-5-9-17(24)21-23-15-7-2-4-10-18(15)28-21/h1-4,6-8,10,17H,5,9,11-13H2,(H,22,26)/t17-/m0/s1. The number of aromatic nitrogens is 1. The highest BCUT2D eigenvalue weighted by Crippen LogP contribution is 2.37. The van der Waals surface area contributed by atoms with Crippen molar-refractivity contribution < 1.29 is 9.59 Å². The highest BCUT2D eigenvalue weighted by Gasteiger charge is 2.33. The van der Waals surface area contributed by atoms with Crippen LogP contribution >= 0.6 is 11.3 Å². The summed E-state index contributed by atoms with van der Waals surface area (Å²) in [6.45, 7) is 1.23. The van der Waals surface area contributed by atoms with Crippen molar-refractivity contribution >= 4 is 44.7 Å². The van der Waals surface area contributed by atoms with E-state index in [2.05, 4.69) is 16.3 Å². The summed E-state index contributed by atoms with van der Waals surface area (Å²) in [7, 11) is 0. The number of para-hydroxylation sites is 3. The molecular weight excluding hydrogens is 372 g/mol. The number of fused-ring (bicyclic) bond motifs is 2. The Bertz CT molecular complexity index is 1030. The van der Waals surface area contributed by atoms with Gasteiger partial charge < -0.3 is 5.32 Å². The van der Waals surface area contributed by atoms with Gasteiger partial charge in [0.1, 0.15) is 11.6 Å². The Labute approximate surface area is 166 Å². The van der Waals surface area contributed by atoms with E-state index in [-0.39, 0.29) is 24.4 Å². The molecule has 3 aromatic rings. The Hall–Kier alpha value is -2.77. The Morgan fingerprint density at radius 2 is 2.00 bits per heavy atom. The fraction of sp³-hybridized carbons (Fsp3) is 0.286. The summed E-state index contributed by atoms with van der Waals surface area (Å²) >= 11 is 1.71. The third-order valence-electron chi connectivity index (χ3n) is 5.37. The first kappa shape index (κ1) is 17.3. The van der Waals surface area contributed by atoms with Gasteiger partial charge in [-0.15, -0.1) is 11.3 Å². The van der Waals surface area contributed by atoms with Crippen LogP contribution in [0.15, 0.2) is 48.5 Å². The lowest BCUT2D eigenvalue weighted by Gasteiger charge is -2.31. The summed E-state index contributed by atoms with van der Waals surface area (Å²) in [5.74, 6) is -0.202. The fourth-order valence-corrected chi connectivity index (χ4v) is 5.18. The Balaban J connectivity index is 1.38. The molecule has 0 aliphatic carbocycles. The van der Waals surface area contributed by atoms with E-state index in [0.717, 1.165) is 35.6 Å². The van der Waals surface area contributed by atoms with Crippen molar-refractivity contribution in [3.05, 3.63) is 53.5 Å².